The zero-order valence-electron chi connectivity index (χ0n) is 11.3. The standard InChI is InChI=1S/C14H19FN2O.ClH/c1-10-3-4-13(15)7-12(10)8-14(18)17-6-5-16-11(2)9-17;/h3-4,7,11,16H,5-6,8-9H2,1-2H3;1H/t11-;/m0./s1. The van der Waals surface area contributed by atoms with E-state index in [0.29, 0.717) is 6.04 Å². The quantitative estimate of drug-likeness (QED) is 0.901. The maximum atomic E-state index is 13.2. The summed E-state index contributed by atoms with van der Waals surface area (Å²) in [6.07, 6.45) is 0.288. The molecule has 19 heavy (non-hydrogen) atoms. The van der Waals surface area contributed by atoms with Gasteiger partial charge in [0.25, 0.3) is 0 Å². The second-order valence-electron chi connectivity index (χ2n) is 4.94. The molecule has 2 rings (SSSR count). The molecule has 0 aliphatic carbocycles. The highest BCUT2D eigenvalue weighted by molar-refractivity contribution is 5.85. The van der Waals surface area contributed by atoms with Crippen LogP contribution in [0.3, 0.4) is 0 Å². The van der Waals surface area contributed by atoms with Gasteiger partial charge < -0.3 is 10.2 Å². The van der Waals surface area contributed by atoms with Gasteiger partial charge in [-0.2, -0.15) is 0 Å². The van der Waals surface area contributed by atoms with Gasteiger partial charge in [-0.05, 0) is 37.1 Å². The van der Waals surface area contributed by atoms with Crippen LogP contribution in [-0.4, -0.2) is 36.5 Å². The molecule has 0 aromatic heterocycles. The van der Waals surface area contributed by atoms with E-state index in [1.165, 1.54) is 12.1 Å². The summed E-state index contributed by atoms with van der Waals surface area (Å²) in [5.74, 6) is -0.200. The lowest BCUT2D eigenvalue weighted by atomic mass is 10.0. The molecule has 0 bridgehead atoms. The maximum absolute atomic E-state index is 13.2. The normalized spacial score (nSPS) is 18.9. The smallest absolute Gasteiger partial charge is 0.227 e. The van der Waals surface area contributed by atoms with Crippen molar-refractivity contribution < 1.29 is 9.18 Å². The number of nitrogens with one attached hydrogen (secondary N) is 1. The number of benzene rings is 1. The molecule has 1 N–H and O–H groups in total. The lowest BCUT2D eigenvalue weighted by molar-refractivity contribution is -0.131. The van der Waals surface area contributed by atoms with E-state index in [9.17, 15) is 9.18 Å². The summed E-state index contributed by atoms with van der Waals surface area (Å²) < 4.78 is 13.2. The number of amides is 1. The number of carbonyl (C=O) groups is 1. The Morgan fingerprint density at radius 2 is 2.26 bits per heavy atom. The Labute approximate surface area is 119 Å². The van der Waals surface area contributed by atoms with Crippen LogP contribution in [0.2, 0.25) is 0 Å². The molecule has 1 saturated heterocycles. The van der Waals surface area contributed by atoms with Crippen molar-refractivity contribution in [2.45, 2.75) is 26.3 Å². The molecule has 3 nitrogen and oxygen atoms in total. The Balaban J connectivity index is 0.00000180. The minimum absolute atomic E-state index is 0. The maximum Gasteiger partial charge on any atom is 0.227 e. The van der Waals surface area contributed by atoms with Crippen molar-refractivity contribution in [3.63, 3.8) is 0 Å². The lowest BCUT2D eigenvalue weighted by Crippen LogP contribution is -2.51. The lowest BCUT2D eigenvalue weighted by Gasteiger charge is -2.32. The van der Waals surface area contributed by atoms with Gasteiger partial charge in [0.15, 0.2) is 0 Å². The van der Waals surface area contributed by atoms with Crippen molar-refractivity contribution in [3.8, 4) is 0 Å². The molecule has 5 heteroatoms. The van der Waals surface area contributed by atoms with Crippen LogP contribution in [0.25, 0.3) is 0 Å². The summed E-state index contributed by atoms with van der Waals surface area (Å²) in [4.78, 5) is 14.0. The van der Waals surface area contributed by atoms with Crippen molar-refractivity contribution in [2.24, 2.45) is 0 Å². The second kappa shape index (κ2) is 6.87. The number of halogens is 2. The molecule has 1 aromatic carbocycles. The zero-order chi connectivity index (χ0) is 13.1. The summed E-state index contributed by atoms with van der Waals surface area (Å²) in [6.45, 7) is 6.26. The monoisotopic (exact) mass is 286 g/mol. The minimum Gasteiger partial charge on any atom is -0.340 e. The average molecular weight is 287 g/mol. The molecule has 1 atom stereocenters. The summed E-state index contributed by atoms with van der Waals surface area (Å²) in [5, 5.41) is 3.30. The third kappa shape index (κ3) is 4.18. The van der Waals surface area contributed by atoms with E-state index in [2.05, 4.69) is 12.2 Å². The van der Waals surface area contributed by atoms with Gasteiger partial charge in [0.1, 0.15) is 5.82 Å². The van der Waals surface area contributed by atoms with E-state index in [1.54, 1.807) is 6.07 Å². The van der Waals surface area contributed by atoms with Crippen LogP contribution in [0, 0.1) is 12.7 Å². The van der Waals surface area contributed by atoms with Crippen LogP contribution in [0.15, 0.2) is 18.2 Å². The Morgan fingerprint density at radius 3 is 2.95 bits per heavy atom. The van der Waals surface area contributed by atoms with E-state index in [4.69, 9.17) is 0 Å². The highest BCUT2D eigenvalue weighted by Gasteiger charge is 2.20. The first-order valence-electron chi connectivity index (χ1n) is 6.32. The third-order valence-electron chi connectivity index (χ3n) is 3.37. The molecule has 0 saturated carbocycles. The van der Waals surface area contributed by atoms with Gasteiger partial charge in [-0.3, -0.25) is 4.79 Å². The highest BCUT2D eigenvalue weighted by atomic mass is 35.5. The molecule has 1 fully saturated rings. The van der Waals surface area contributed by atoms with Crippen molar-refractivity contribution in [2.75, 3.05) is 19.6 Å². The third-order valence-corrected chi connectivity index (χ3v) is 3.37. The fourth-order valence-electron chi connectivity index (χ4n) is 2.26. The van der Waals surface area contributed by atoms with E-state index in [1.807, 2.05) is 11.8 Å². The first kappa shape index (κ1) is 15.9. The van der Waals surface area contributed by atoms with E-state index in [-0.39, 0.29) is 30.6 Å². The summed E-state index contributed by atoms with van der Waals surface area (Å²) in [7, 11) is 0. The van der Waals surface area contributed by atoms with Crippen LogP contribution in [0.1, 0.15) is 18.1 Å². The number of carbonyl (C=O) groups excluding carboxylic acids is 1. The summed E-state index contributed by atoms with van der Waals surface area (Å²) in [5.41, 5.74) is 1.75. The van der Waals surface area contributed by atoms with Crippen LogP contribution in [0.5, 0.6) is 0 Å². The van der Waals surface area contributed by atoms with Crippen LogP contribution in [-0.2, 0) is 11.2 Å². The van der Waals surface area contributed by atoms with Gasteiger partial charge >= 0.3 is 0 Å². The molecule has 1 aromatic rings. The van der Waals surface area contributed by atoms with Crippen molar-refractivity contribution >= 4 is 18.3 Å². The van der Waals surface area contributed by atoms with Crippen molar-refractivity contribution in [1.29, 1.82) is 0 Å². The fourth-order valence-corrected chi connectivity index (χ4v) is 2.26. The number of nitrogens with zero attached hydrogens (tertiary/aromatic N) is 1. The zero-order valence-corrected chi connectivity index (χ0v) is 12.1. The number of rotatable bonds is 2. The number of piperazine rings is 1. The Kier molecular flexibility index (Phi) is 5.76. The van der Waals surface area contributed by atoms with Crippen molar-refractivity contribution in [3.05, 3.63) is 35.1 Å². The van der Waals surface area contributed by atoms with Gasteiger partial charge in [0.2, 0.25) is 5.91 Å². The predicted octanol–water partition coefficient (Wildman–Crippen LogP) is 1.92. The Bertz CT molecular complexity index is 453. The molecule has 1 aliphatic rings. The minimum atomic E-state index is -0.280. The van der Waals surface area contributed by atoms with Crippen molar-refractivity contribution in [1.82, 2.24) is 10.2 Å². The van der Waals surface area contributed by atoms with Crippen LogP contribution in [0.4, 0.5) is 4.39 Å². The molecule has 0 spiro atoms. The molecular weight excluding hydrogens is 267 g/mol. The predicted molar refractivity (Wildman–Crippen MR) is 76.1 cm³/mol. The van der Waals surface area contributed by atoms with E-state index in [0.717, 1.165) is 30.8 Å². The van der Waals surface area contributed by atoms with Crippen LogP contribution < -0.4 is 5.32 Å². The van der Waals surface area contributed by atoms with Gasteiger partial charge in [-0.15, -0.1) is 12.4 Å². The van der Waals surface area contributed by atoms with E-state index < -0.39 is 0 Å². The Hall–Kier alpha value is -1.13. The number of aryl methyl sites for hydroxylation is 1. The molecule has 106 valence electrons. The van der Waals surface area contributed by atoms with Gasteiger partial charge in [-0.25, -0.2) is 4.39 Å². The molecule has 1 heterocycles. The molecule has 0 radical (unpaired) electrons. The number of hydrogen-bond donors (Lipinski definition) is 1. The van der Waals surface area contributed by atoms with Crippen LogP contribution >= 0.6 is 12.4 Å². The largest absolute Gasteiger partial charge is 0.340 e. The highest BCUT2D eigenvalue weighted by Crippen LogP contribution is 2.13. The molecule has 0 unspecified atom stereocenters. The summed E-state index contributed by atoms with van der Waals surface area (Å²) in [6, 6.07) is 4.93. The second-order valence-corrected chi connectivity index (χ2v) is 4.94. The van der Waals surface area contributed by atoms with E-state index >= 15 is 0 Å². The first-order chi connectivity index (χ1) is 8.56. The molecule has 1 amide bonds. The Morgan fingerprint density at radius 1 is 1.53 bits per heavy atom. The molecule has 1 aliphatic heterocycles. The number of hydrogen-bond acceptors (Lipinski definition) is 2. The fraction of sp³-hybridized carbons (Fsp3) is 0.500. The first-order valence-corrected chi connectivity index (χ1v) is 6.32. The SMILES string of the molecule is Cc1ccc(F)cc1CC(=O)N1CCN[C@@H](C)C1.Cl. The average Bonchev–Trinajstić information content (AvgIpc) is 2.34. The van der Waals surface area contributed by atoms with Gasteiger partial charge in [0, 0.05) is 25.7 Å². The summed E-state index contributed by atoms with van der Waals surface area (Å²) >= 11 is 0. The van der Waals surface area contributed by atoms with Gasteiger partial charge in [0.05, 0.1) is 6.42 Å². The molecular formula is C14H20ClFN2O. The van der Waals surface area contributed by atoms with Gasteiger partial charge in [-0.1, -0.05) is 6.07 Å². The topological polar surface area (TPSA) is 32.3 Å².